The van der Waals surface area contributed by atoms with Crippen LogP contribution in [0.25, 0.3) is 0 Å². The molecular formula is C8H6N+. The lowest BCUT2D eigenvalue weighted by Crippen LogP contribution is -1.73. The summed E-state index contributed by atoms with van der Waals surface area (Å²) in [6, 6.07) is 11.5. The van der Waals surface area contributed by atoms with E-state index in [2.05, 4.69) is 0 Å². The minimum atomic E-state index is 0.958. The fraction of sp³-hybridized carbons (Fsp3) is 0. The molecule has 0 amide bonds. The fourth-order valence-corrected chi connectivity index (χ4v) is 0.624. The molecule has 0 aliphatic rings. The number of rotatable bonds is 1. The van der Waals surface area contributed by atoms with Gasteiger partial charge in [0, 0.05) is 12.1 Å². The van der Waals surface area contributed by atoms with Gasteiger partial charge < -0.3 is 0 Å². The highest BCUT2D eigenvalue weighted by molar-refractivity contribution is 5.28. The average molecular weight is 116 g/mol. The van der Waals surface area contributed by atoms with Crippen molar-refractivity contribution in [3.8, 4) is 6.07 Å². The van der Waals surface area contributed by atoms with Gasteiger partial charge in [0.05, 0.1) is 0 Å². The molecule has 0 aliphatic heterocycles. The maximum Gasteiger partial charge on any atom is 0.161 e. The summed E-state index contributed by atoms with van der Waals surface area (Å²) in [6.07, 6.45) is 1.51. The van der Waals surface area contributed by atoms with Gasteiger partial charge in [0.25, 0.3) is 0 Å². The molecule has 0 aromatic heterocycles. The Labute approximate surface area is 54.6 Å². The largest absolute Gasteiger partial charge is 0.177 e. The summed E-state index contributed by atoms with van der Waals surface area (Å²) in [5, 5.41) is 8.21. The average Bonchev–Trinajstić information content (AvgIpc) is 1.91. The van der Waals surface area contributed by atoms with Crippen LogP contribution in [0.1, 0.15) is 5.56 Å². The molecule has 0 heterocycles. The van der Waals surface area contributed by atoms with E-state index in [4.69, 9.17) is 5.26 Å². The maximum absolute atomic E-state index is 8.21. The molecule has 42 valence electrons. The first-order chi connectivity index (χ1) is 4.43. The molecule has 0 fully saturated rings. The minimum absolute atomic E-state index is 0.958. The second-order valence-electron chi connectivity index (χ2n) is 1.68. The topological polar surface area (TPSA) is 23.8 Å². The van der Waals surface area contributed by atoms with E-state index in [0.29, 0.717) is 0 Å². The molecule has 0 unspecified atom stereocenters. The number of benzene rings is 1. The molecule has 0 atom stereocenters. The fourth-order valence-electron chi connectivity index (χ4n) is 0.624. The zero-order chi connectivity index (χ0) is 6.53. The molecule has 0 N–H and O–H groups in total. The van der Waals surface area contributed by atoms with Crippen LogP contribution < -0.4 is 0 Å². The summed E-state index contributed by atoms with van der Waals surface area (Å²) < 4.78 is 0. The lowest BCUT2D eigenvalue weighted by atomic mass is 10.2. The predicted molar refractivity (Wildman–Crippen MR) is 35.5 cm³/mol. The van der Waals surface area contributed by atoms with Crippen LogP contribution in [-0.2, 0) is 0 Å². The molecule has 1 rings (SSSR count). The number of hydrogen-bond acceptors (Lipinski definition) is 1. The third-order valence-electron chi connectivity index (χ3n) is 1.03. The van der Waals surface area contributed by atoms with Crippen molar-refractivity contribution >= 4 is 0 Å². The predicted octanol–water partition coefficient (Wildman–Crippen LogP) is 1.76. The van der Waals surface area contributed by atoms with E-state index in [1.54, 1.807) is 0 Å². The van der Waals surface area contributed by atoms with Crippen molar-refractivity contribution in [3.63, 3.8) is 0 Å². The van der Waals surface area contributed by atoms with Crippen molar-refractivity contribution in [1.82, 2.24) is 0 Å². The summed E-state index contributed by atoms with van der Waals surface area (Å²) in [5.74, 6) is 0. The van der Waals surface area contributed by atoms with Gasteiger partial charge in [-0.05, 0) is 18.2 Å². The quantitative estimate of drug-likeness (QED) is 0.513. The van der Waals surface area contributed by atoms with E-state index in [1.807, 2.05) is 36.4 Å². The SMILES string of the molecule is N#C[CH+]c1ccccc1. The Bertz CT molecular complexity index is 208. The van der Waals surface area contributed by atoms with Crippen LogP contribution in [0.15, 0.2) is 30.3 Å². The molecule has 0 aliphatic carbocycles. The summed E-state index contributed by atoms with van der Waals surface area (Å²) >= 11 is 0. The van der Waals surface area contributed by atoms with Crippen molar-refractivity contribution in [1.29, 1.82) is 5.26 Å². The molecule has 0 saturated carbocycles. The van der Waals surface area contributed by atoms with E-state index in [0.717, 1.165) is 5.56 Å². The number of hydrogen-bond donors (Lipinski definition) is 0. The van der Waals surface area contributed by atoms with Gasteiger partial charge >= 0.3 is 0 Å². The highest BCUT2D eigenvalue weighted by atomic mass is 14.2. The Morgan fingerprint density at radius 1 is 1.22 bits per heavy atom. The summed E-state index contributed by atoms with van der Waals surface area (Å²) in [5.41, 5.74) is 0.958. The smallest absolute Gasteiger partial charge is 0.161 e. The molecular weight excluding hydrogens is 110 g/mol. The van der Waals surface area contributed by atoms with Crippen molar-refractivity contribution in [2.45, 2.75) is 0 Å². The summed E-state index contributed by atoms with van der Waals surface area (Å²) in [4.78, 5) is 0. The molecule has 0 radical (unpaired) electrons. The van der Waals surface area contributed by atoms with Gasteiger partial charge in [-0.2, -0.15) is 5.26 Å². The van der Waals surface area contributed by atoms with Crippen molar-refractivity contribution in [3.05, 3.63) is 42.3 Å². The third kappa shape index (κ3) is 1.50. The van der Waals surface area contributed by atoms with Gasteiger partial charge in [-0.1, -0.05) is 0 Å². The first-order valence-electron chi connectivity index (χ1n) is 2.71. The highest BCUT2D eigenvalue weighted by Crippen LogP contribution is 1.98. The highest BCUT2D eigenvalue weighted by Gasteiger charge is 1.95. The Balaban J connectivity index is 2.76. The van der Waals surface area contributed by atoms with Crippen LogP contribution >= 0.6 is 0 Å². The molecule has 0 bridgehead atoms. The Hall–Kier alpha value is -1.42. The van der Waals surface area contributed by atoms with E-state index >= 15 is 0 Å². The van der Waals surface area contributed by atoms with Crippen LogP contribution in [0.4, 0.5) is 0 Å². The van der Waals surface area contributed by atoms with Crippen LogP contribution in [0.5, 0.6) is 0 Å². The molecule has 0 saturated heterocycles. The maximum atomic E-state index is 8.21. The van der Waals surface area contributed by atoms with E-state index < -0.39 is 0 Å². The van der Waals surface area contributed by atoms with Gasteiger partial charge in [-0.15, -0.1) is 0 Å². The van der Waals surface area contributed by atoms with Gasteiger partial charge in [0.2, 0.25) is 0 Å². The lowest BCUT2D eigenvalue weighted by Gasteiger charge is -1.77. The Kier molecular flexibility index (Phi) is 1.77. The van der Waals surface area contributed by atoms with E-state index in [-0.39, 0.29) is 0 Å². The first-order valence-corrected chi connectivity index (χ1v) is 2.71. The second kappa shape index (κ2) is 2.78. The Morgan fingerprint density at radius 3 is 2.44 bits per heavy atom. The molecule has 9 heavy (non-hydrogen) atoms. The first kappa shape index (κ1) is 5.71. The zero-order valence-electron chi connectivity index (χ0n) is 4.91. The van der Waals surface area contributed by atoms with Crippen LogP contribution in [0, 0.1) is 17.8 Å². The van der Waals surface area contributed by atoms with Crippen molar-refractivity contribution in [2.75, 3.05) is 0 Å². The van der Waals surface area contributed by atoms with Crippen LogP contribution in [0.3, 0.4) is 0 Å². The van der Waals surface area contributed by atoms with Crippen molar-refractivity contribution in [2.24, 2.45) is 0 Å². The minimum Gasteiger partial charge on any atom is -0.177 e. The lowest BCUT2D eigenvalue weighted by molar-refractivity contribution is 1.46. The molecule has 1 heteroatoms. The second-order valence-corrected chi connectivity index (χ2v) is 1.68. The number of nitrogens with zero attached hydrogens (tertiary/aromatic N) is 1. The van der Waals surface area contributed by atoms with Crippen LogP contribution in [0.2, 0.25) is 0 Å². The Morgan fingerprint density at radius 2 is 1.89 bits per heavy atom. The molecule has 1 nitrogen and oxygen atoms in total. The van der Waals surface area contributed by atoms with Crippen LogP contribution in [-0.4, -0.2) is 0 Å². The normalized spacial score (nSPS) is 7.89. The number of nitriles is 1. The third-order valence-corrected chi connectivity index (χ3v) is 1.03. The van der Waals surface area contributed by atoms with E-state index in [1.165, 1.54) is 6.42 Å². The standard InChI is InChI=1S/C8H6N/c9-7-6-8-4-2-1-3-5-8/h1-6H/q+1. The van der Waals surface area contributed by atoms with Gasteiger partial charge in [0.15, 0.2) is 6.07 Å². The molecule has 0 spiro atoms. The summed E-state index contributed by atoms with van der Waals surface area (Å²) in [6.45, 7) is 0. The van der Waals surface area contributed by atoms with Gasteiger partial charge in [-0.25, -0.2) is 0 Å². The summed E-state index contributed by atoms with van der Waals surface area (Å²) in [7, 11) is 0. The van der Waals surface area contributed by atoms with Crippen molar-refractivity contribution < 1.29 is 0 Å². The monoisotopic (exact) mass is 116 g/mol. The molecule has 1 aromatic carbocycles. The zero-order valence-corrected chi connectivity index (χ0v) is 4.91. The van der Waals surface area contributed by atoms with E-state index in [9.17, 15) is 0 Å². The van der Waals surface area contributed by atoms with Gasteiger partial charge in [-0.3, -0.25) is 0 Å². The van der Waals surface area contributed by atoms with Gasteiger partial charge in [0.1, 0.15) is 12.0 Å². The molecule has 1 aromatic rings.